The van der Waals surface area contributed by atoms with Crippen LogP contribution in [-0.4, -0.2) is 55.4 Å². The fraction of sp³-hybridized carbons (Fsp3) is 0.526. The van der Waals surface area contributed by atoms with E-state index in [1.807, 2.05) is 20.8 Å². The highest BCUT2D eigenvalue weighted by molar-refractivity contribution is 14.0. The van der Waals surface area contributed by atoms with E-state index in [1.54, 1.807) is 14.1 Å². The number of guanidine groups is 1. The van der Waals surface area contributed by atoms with E-state index in [1.165, 1.54) is 17.0 Å². The van der Waals surface area contributed by atoms with Crippen LogP contribution in [0.5, 0.6) is 0 Å². The zero-order valence-corrected chi connectivity index (χ0v) is 20.0. The molecule has 170 valence electrons. The Labute approximate surface area is 191 Å². The van der Waals surface area contributed by atoms with Crippen LogP contribution in [0, 0.1) is 0 Å². The number of carbonyl (C=O) groups is 2. The molecule has 0 aromatic heterocycles. The molecule has 0 saturated carbocycles. The second kappa shape index (κ2) is 12.0. The molecule has 0 radical (unpaired) electrons. The number of amides is 2. The molecule has 0 fully saturated rings. The second-order valence-electron chi connectivity index (χ2n) is 7.66. The fourth-order valence-corrected chi connectivity index (χ4v) is 2.13. The van der Waals surface area contributed by atoms with E-state index in [0.29, 0.717) is 5.56 Å². The molecule has 7 nitrogen and oxygen atoms in total. The zero-order valence-electron chi connectivity index (χ0n) is 17.7. The first-order valence-corrected chi connectivity index (χ1v) is 8.97. The molecule has 1 rings (SSSR count). The SMILES string of the molecule is CN(C)C(=O)CNC(=NCc1cccc(C(F)(F)F)c1)NCC(=O)NC(C)(C)C.I. The van der Waals surface area contributed by atoms with E-state index in [4.69, 9.17) is 0 Å². The van der Waals surface area contributed by atoms with Crippen LogP contribution in [-0.2, 0) is 22.3 Å². The van der Waals surface area contributed by atoms with Gasteiger partial charge < -0.3 is 20.9 Å². The highest BCUT2D eigenvalue weighted by Gasteiger charge is 2.30. The Kier molecular flexibility index (Phi) is 11.1. The summed E-state index contributed by atoms with van der Waals surface area (Å²) in [6.45, 7) is 5.26. The molecule has 0 heterocycles. The van der Waals surface area contributed by atoms with E-state index in [0.717, 1.165) is 12.1 Å². The summed E-state index contributed by atoms with van der Waals surface area (Å²) in [5, 5.41) is 8.34. The molecule has 0 aliphatic rings. The molecule has 3 N–H and O–H groups in total. The molecule has 0 unspecified atom stereocenters. The maximum Gasteiger partial charge on any atom is 0.416 e. The van der Waals surface area contributed by atoms with Gasteiger partial charge in [-0.2, -0.15) is 13.2 Å². The van der Waals surface area contributed by atoms with Crippen LogP contribution >= 0.6 is 24.0 Å². The molecule has 1 aromatic carbocycles. The van der Waals surface area contributed by atoms with Gasteiger partial charge in [-0.1, -0.05) is 12.1 Å². The van der Waals surface area contributed by atoms with Gasteiger partial charge in [-0.3, -0.25) is 9.59 Å². The van der Waals surface area contributed by atoms with Crippen LogP contribution in [0.4, 0.5) is 13.2 Å². The van der Waals surface area contributed by atoms with Gasteiger partial charge in [0, 0.05) is 19.6 Å². The van der Waals surface area contributed by atoms with E-state index in [9.17, 15) is 22.8 Å². The van der Waals surface area contributed by atoms with Crippen molar-refractivity contribution in [2.45, 2.75) is 39.0 Å². The van der Waals surface area contributed by atoms with Crippen LogP contribution in [0.1, 0.15) is 31.9 Å². The van der Waals surface area contributed by atoms with E-state index in [-0.39, 0.29) is 61.4 Å². The van der Waals surface area contributed by atoms with Crippen molar-refractivity contribution in [3.63, 3.8) is 0 Å². The van der Waals surface area contributed by atoms with Gasteiger partial charge in [0.2, 0.25) is 11.8 Å². The molecule has 0 saturated heterocycles. The third-order valence-corrected chi connectivity index (χ3v) is 3.51. The number of benzene rings is 1. The van der Waals surface area contributed by atoms with E-state index < -0.39 is 17.3 Å². The molecule has 1 aromatic rings. The summed E-state index contributed by atoms with van der Waals surface area (Å²) in [7, 11) is 3.18. The van der Waals surface area contributed by atoms with Gasteiger partial charge in [-0.05, 0) is 38.5 Å². The van der Waals surface area contributed by atoms with Gasteiger partial charge >= 0.3 is 6.18 Å². The van der Waals surface area contributed by atoms with Crippen LogP contribution in [0.25, 0.3) is 0 Å². The Bertz CT molecular complexity index is 746. The number of aliphatic imine (C=N–C) groups is 1. The standard InChI is InChI=1S/C19H28F3N5O2.HI/c1-18(2,3)26-15(28)11-24-17(25-12-16(29)27(4)5)23-10-13-7-6-8-14(9-13)19(20,21)22;/h6-9H,10-12H2,1-5H3,(H,26,28)(H2,23,24,25);1H. The lowest BCUT2D eigenvalue weighted by atomic mass is 10.1. The summed E-state index contributed by atoms with van der Waals surface area (Å²) < 4.78 is 38.5. The molecule has 11 heteroatoms. The lowest BCUT2D eigenvalue weighted by molar-refractivity contribution is -0.137. The lowest BCUT2D eigenvalue weighted by Crippen LogP contribution is -2.49. The molecular formula is C19H29F3IN5O2. The molecule has 0 aliphatic heterocycles. The maximum absolute atomic E-state index is 12.8. The lowest BCUT2D eigenvalue weighted by Gasteiger charge is -2.21. The van der Waals surface area contributed by atoms with Crippen molar-refractivity contribution in [2.24, 2.45) is 4.99 Å². The number of hydrogen-bond acceptors (Lipinski definition) is 3. The smallest absolute Gasteiger partial charge is 0.350 e. The van der Waals surface area contributed by atoms with Gasteiger partial charge in [0.15, 0.2) is 5.96 Å². The first kappa shape index (κ1) is 27.9. The van der Waals surface area contributed by atoms with E-state index >= 15 is 0 Å². The molecule has 0 atom stereocenters. The topological polar surface area (TPSA) is 85.8 Å². The quantitative estimate of drug-likeness (QED) is 0.292. The van der Waals surface area contributed by atoms with Crippen molar-refractivity contribution in [3.05, 3.63) is 35.4 Å². The minimum Gasteiger partial charge on any atom is -0.350 e. The summed E-state index contributed by atoms with van der Waals surface area (Å²) >= 11 is 0. The Hall–Kier alpha value is -2.05. The zero-order chi connectivity index (χ0) is 22.2. The predicted molar refractivity (Wildman–Crippen MR) is 121 cm³/mol. The summed E-state index contributed by atoms with van der Waals surface area (Å²) in [4.78, 5) is 29.3. The third-order valence-electron chi connectivity index (χ3n) is 3.51. The van der Waals surface area contributed by atoms with Gasteiger partial charge in [-0.15, -0.1) is 24.0 Å². The average molecular weight is 543 g/mol. The normalized spacial score (nSPS) is 11.9. The van der Waals surface area contributed by atoms with Crippen molar-refractivity contribution in [2.75, 3.05) is 27.2 Å². The summed E-state index contributed by atoms with van der Waals surface area (Å²) in [6, 6.07) is 4.82. The largest absolute Gasteiger partial charge is 0.416 e. The Morgan fingerprint density at radius 2 is 1.67 bits per heavy atom. The van der Waals surface area contributed by atoms with E-state index in [2.05, 4.69) is 20.9 Å². The average Bonchev–Trinajstić information content (AvgIpc) is 2.58. The third kappa shape index (κ3) is 11.2. The molecule has 0 bridgehead atoms. The predicted octanol–water partition coefficient (Wildman–Crippen LogP) is 2.36. The number of nitrogens with zero attached hydrogens (tertiary/aromatic N) is 2. The van der Waals surface area contributed by atoms with Gasteiger partial charge in [0.1, 0.15) is 0 Å². The van der Waals surface area contributed by atoms with Crippen molar-refractivity contribution in [1.82, 2.24) is 20.9 Å². The molecular weight excluding hydrogens is 514 g/mol. The second-order valence-corrected chi connectivity index (χ2v) is 7.66. The maximum atomic E-state index is 12.8. The van der Waals surface area contributed by atoms with Crippen LogP contribution in [0.3, 0.4) is 0 Å². The van der Waals surface area contributed by atoms with Crippen molar-refractivity contribution in [3.8, 4) is 0 Å². The number of carbonyl (C=O) groups excluding carboxylic acids is 2. The minimum atomic E-state index is -4.44. The molecule has 30 heavy (non-hydrogen) atoms. The Morgan fingerprint density at radius 1 is 1.07 bits per heavy atom. The molecule has 2 amide bonds. The van der Waals surface area contributed by atoms with Crippen LogP contribution < -0.4 is 16.0 Å². The summed E-state index contributed by atoms with van der Waals surface area (Å²) in [6.07, 6.45) is -4.44. The molecule has 0 spiro atoms. The van der Waals surface area contributed by atoms with Crippen molar-refractivity contribution < 1.29 is 22.8 Å². The monoisotopic (exact) mass is 543 g/mol. The van der Waals surface area contributed by atoms with Crippen molar-refractivity contribution in [1.29, 1.82) is 0 Å². The van der Waals surface area contributed by atoms with Gasteiger partial charge in [0.05, 0.1) is 25.2 Å². The minimum absolute atomic E-state index is 0. The first-order chi connectivity index (χ1) is 13.3. The number of rotatable bonds is 6. The number of nitrogens with one attached hydrogen (secondary N) is 3. The summed E-state index contributed by atoms with van der Waals surface area (Å²) in [5.74, 6) is -0.371. The Morgan fingerprint density at radius 3 is 2.20 bits per heavy atom. The van der Waals surface area contributed by atoms with Gasteiger partial charge in [0.25, 0.3) is 0 Å². The van der Waals surface area contributed by atoms with Crippen molar-refractivity contribution >= 4 is 41.8 Å². The fourth-order valence-electron chi connectivity index (χ4n) is 2.13. The highest BCUT2D eigenvalue weighted by atomic mass is 127. The number of likely N-dealkylation sites (N-methyl/N-ethyl adjacent to an activating group) is 1. The van der Waals surface area contributed by atoms with Gasteiger partial charge in [-0.25, -0.2) is 4.99 Å². The number of halogens is 4. The Balaban J connectivity index is 0.00000841. The highest BCUT2D eigenvalue weighted by Crippen LogP contribution is 2.29. The first-order valence-electron chi connectivity index (χ1n) is 8.97. The summed E-state index contributed by atoms with van der Waals surface area (Å²) in [5.41, 5.74) is -0.832. The number of alkyl halides is 3. The van der Waals surface area contributed by atoms with Crippen LogP contribution in [0.15, 0.2) is 29.3 Å². The molecule has 0 aliphatic carbocycles. The van der Waals surface area contributed by atoms with Crippen LogP contribution in [0.2, 0.25) is 0 Å². The number of hydrogen-bond donors (Lipinski definition) is 3.